The summed E-state index contributed by atoms with van der Waals surface area (Å²) >= 11 is 7.82. The maximum Gasteiger partial charge on any atom is 0.231 e. The predicted molar refractivity (Wildman–Crippen MR) is 130 cm³/mol. The van der Waals surface area contributed by atoms with Crippen molar-refractivity contribution in [3.05, 3.63) is 69.7 Å². The van der Waals surface area contributed by atoms with Gasteiger partial charge in [-0.3, -0.25) is 9.69 Å². The average Bonchev–Trinajstić information content (AvgIpc) is 3.56. The van der Waals surface area contributed by atoms with Gasteiger partial charge < -0.3 is 14.8 Å². The lowest BCUT2D eigenvalue weighted by Gasteiger charge is -2.26. The van der Waals surface area contributed by atoms with Crippen molar-refractivity contribution in [2.24, 2.45) is 0 Å². The minimum Gasteiger partial charge on any atom is -0.454 e. The maximum absolute atomic E-state index is 12.5. The first kappa shape index (κ1) is 22.2. The number of carbonyl (C=O) groups is 1. The molecule has 0 saturated carbocycles. The number of nitrogens with one attached hydrogen (secondary N) is 1. The maximum atomic E-state index is 12.5. The summed E-state index contributed by atoms with van der Waals surface area (Å²) in [7, 11) is 0. The van der Waals surface area contributed by atoms with Crippen LogP contribution in [0.15, 0.2) is 48.7 Å². The highest BCUT2D eigenvalue weighted by molar-refractivity contribution is 7.15. The molecule has 0 bridgehead atoms. The molecule has 172 valence electrons. The predicted octanol–water partition coefficient (Wildman–Crippen LogP) is 5.67. The van der Waals surface area contributed by atoms with Crippen LogP contribution in [0.4, 0.5) is 5.13 Å². The zero-order valence-corrected chi connectivity index (χ0v) is 19.8. The molecular formula is C25H26ClN3O3S. The van der Waals surface area contributed by atoms with E-state index in [2.05, 4.69) is 21.3 Å². The van der Waals surface area contributed by atoms with Crippen LogP contribution in [0.3, 0.4) is 0 Å². The number of carbonyl (C=O) groups excluding carboxylic acids is 1. The van der Waals surface area contributed by atoms with E-state index in [-0.39, 0.29) is 18.7 Å². The highest BCUT2D eigenvalue weighted by Gasteiger charge is 2.27. The number of halogens is 1. The molecule has 1 N–H and O–H groups in total. The van der Waals surface area contributed by atoms with E-state index in [9.17, 15) is 4.79 Å². The fraction of sp³-hybridized carbons (Fsp3) is 0.360. The second kappa shape index (κ2) is 10.1. The highest BCUT2D eigenvalue weighted by atomic mass is 35.5. The molecule has 3 heterocycles. The van der Waals surface area contributed by atoms with Crippen molar-refractivity contribution in [3.8, 4) is 11.5 Å². The van der Waals surface area contributed by atoms with Crippen LogP contribution in [0.1, 0.15) is 47.7 Å². The lowest BCUT2D eigenvalue weighted by atomic mass is 10.0. The Bertz CT molecular complexity index is 1130. The Morgan fingerprint density at radius 2 is 2.00 bits per heavy atom. The lowest BCUT2D eigenvalue weighted by molar-refractivity contribution is -0.116. The molecule has 2 aliphatic rings. The number of rotatable bonds is 8. The van der Waals surface area contributed by atoms with Gasteiger partial charge in [-0.2, -0.15) is 0 Å². The first-order valence-electron chi connectivity index (χ1n) is 11.3. The number of fused-ring (bicyclic) bond motifs is 1. The standard InChI is InChI=1S/C25H26ClN3O3S/c26-19-7-4-6-18(14-19)24(29-11-1-2-12-29)22-15-27-25(33-22)28-23(30)8-3-5-17-9-10-20-21(13-17)32-16-31-20/h4,6-7,9-10,13-15,24H,1-3,5,8,11-12,16H2,(H,27,28,30). The van der Waals surface area contributed by atoms with Crippen LogP contribution in [-0.2, 0) is 11.2 Å². The molecule has 1 aromatic heterocycles. The van der Waals surface area contributed by atoms with Gasteiger partial charge in [-0.15, -0.1) is 0 Å². The number of hydrogen-bond donors (Lipinski definition) is 1. The fourth-order valence-corrected chi connectivity index (χ4v) is 5.63. The Morgan fingerprint density at radius 3 is 2.85 bits per heavy atom. The molecule has 2 aliphatic heterocycles. The fourth-order valence-electron chi connectivity index (χ4n) is 4.43. The van der Waals surface area contributed by atoms with Gasteiger partial charge in [-0.1, -0.05) is 41.1 Å². The normalized spacial score (nSPS) is 16.2. The van der Waals surface area contributed by atoms with Crippen LogP contribution in [-0.4, -0.2) is 35.7 Å². The van der Waals surface area contributed by atoms with Crippen molar-refractivity contribution in [2.75, 3.05) is 25.2 Å². The van der Waals surface area contributed by atoms with Crippen molar-refractivity contribution in [3.63, 3.8) is 0 Å². The molecule has 6 nitrogen and oxygen atoms in total. The van der Waals surface area contributed by atoms with E-state index >= 15 is 0 Å². The first-order chi connectivity index (χ1) is 16.2. The third-order valence-corrected chi connectivity index (χ3v) is 7.22. The summed E-state index contributed by atoms with van der Waals surface area (Å²) in [5.41, 5.74) is 2.30. The summed E-state index contributed by atoms with van der Waals surface area (Å²) in [6.07, 6.45) is 6.28. The number of aryl methyl sites for hydroxylation is 1. The monoisotopic (exact) mass is 483 g/mol. The molecule has 33 heavy (non-hydrogen) atoms. The Kier molecular flexibility index (Phi) is 6.80. The molecule has 1 amide bonds. The quantitative estimate of drug-likeness (QED) is 0.447. The van der Waals surface area contributed by atoms with E-state index < -0.39 is 0 Å². The highest BCUT2D eigenvalue weighted by Crippen LogP contribution is 2.37. The van der Waals surface area contributed by atoms with Gasteiger partial charge in [0.15, 0.2) is 16.6 Å². The lowest BCUT2D eigenvalue weighted by Crippen LogP contribution is -2.25. The smallest absolute Gasteiger partial charge is 0.231 e. The first-order valence-corrected chi connectivity index (χ1v) is 12.5. The minimum absolute atomic E-state index is 0.0166. The number of thiazole rings is 1. The molecular weight excluding hydrogens is 458 g/mol. The molecule has 0 radical (unpaired) electrons. The second-order valence-electron chi connectivity index (χ2n) is 8.36. The van der Waals surface area contributed by atoms with Gasteiger partial charge in [0, 0.05) is 22.5 Å². The van der Waals surface area contributed by atoms with Crippen LogP contribution in [0.25, 0.3) is 0 Å². The molecule has 1 fully saturated rings. The SMILES string of the molecule is O=C(CCCc1ccc2c(c1)OCO2)Nc1ncc(C(c2cccc(Cl)c2)N2CCCC2)s1. The topological polar surface area (TPSA) is 63.7 Å². The van der Waals surface area contributed by atoms with E-state index in [0.717, 1.165) is 58.5 Å². The number of anilines is 1. The third kappa shape index (κ3) is 5.32. The molecule has 1 atom stereocenters. The Labute approximate surface area is 202 Å². The van der Waals surface area contributed by atoms with Crippen LogP contribution in [0.5, 0.6) is 11.5 Å². The number of benzene rings is 2. The van der Waals surface area contributed by atoms with Crippen LogP contribution >= 0.6 is 22.9 Å². The Morgan fingerprint density at radius 1 is 1.15 bits per heavy atom. The van der Waals surface area contributed by atoms with Crippen LogP contribution in [0.2, 0.25) is 5.02 Å². The van der Waals surface area contributed by atoms with E-state index in [0.29, 0.717) is 11.6 Å². The summed E-state index contributed by atoms with van der Waals surface area (Å²) < 4.78 is 10.8. The Hall–Kier alpha value is -2.61. The van der Waals surface area contributed by atoms with Gasteiger partial charge in [0.1, 0.15) is 0 Å². The zero-order valence-electron chi connectivity index (χ0n) is 18.3. The van der Waals surface area contributed by atoms with Gasteiger partial charge in [0.05, 0.1) is 6.04 Å². The molecule has 3 aromatic rings. The molecule has 1 unspecified atom stereocenters. The molecule has 1 saturated heterocycles. The van der Waals surface area contributed by atoms with Gasteiger partial charge in [-0.25, -0.2) is 4.98 Å². The molecule has 8 heteroatoms. The van der Waals surface area contributed by atoms with Gasteiger partial charge >= 0.3 is 0 Å². The number of nitrogens with zero attached hydrogens (tertiary/aromatic N) is 2. The van der Waals surface area contributed by atoms with Gasteiger partial charge in [0.2, 0.25) is 12.7 Å². The van der Waals surface area contributed by atoms with Crippen molar-refractivity contribution < 1.29 is 14.3 Å². The largest absolute Gasteiger partial charge is 0.454 e. The summed E-state index contributed by atoms with van der Waals surface area (Å²) in [5, 5.41) is 4.35. The molecule has 0 aliphatic carbocycles. The number of ether oxygens (including phenoxy) is 2. The minimum atomic E-state index is -0.0166. The number of likely N-dealkylation sites (tertiary alicyclic amines) is 1. The van der Waals surface area contributed by atoms with E-state index in [4.69, 9.17) is 21.1 Å². The number of hydrogen-bond acceptors (Lipinski definition) is 6. The van der Waals surface area contributed by atoms with Gasteiger partial charge in [-0.05, 0) is 74.2 Å². The van der Waals surface area contributed by atoms with Crippen molar-refractivity contribution in [1.82, 2.24) is 9.88 Å². The summed E-state index contributed by atoms with van der Waals surface area (Å²) in [5.74, 6) is 1.54. The Balaban J connectivity index is 1.20. The van der Waals surface area contributed by atoms with E-state index in [1.165, 1.54) is 12.8 Å². The van der Waals surface area contributed by atoms with Gasteiger partial charge in [0.25, 0.3) is 0 Å². The second-order valence-corrected chi connectivity index (χ2v) is 9.86. The van der Waals surface area contributed by atoms with Crippen molar-refractivity contribution >= 4 is 34.0 Å². The summed E-state index contributed by atoms with van der Waals surface area (Å²) in [6, 6.07) is 14.1. The zero-order chi connectivity index (χ0) is 22.6. The number of amides is 1. The average molecular weight is 484 g/mol. The molecule has 5 rings (SSSR count). The van der Waals surface area contributed by atoms with E-state index in [1.54, 1.807) is 11.3 Å². The van der Waals surface area contributed by atoms with Crippen molar-refractivity contribution in [2.45, 2.75) is 38.1 Å². The number of aromatic nitrogens is 1. The van der Waals surface area contributed by atoms with Crippen LogP contribution in [0, 0.1) is 0 Å². The summed E-state index contributed by atoms with van der Waals surface area (Å²) in [4.78, 5) is 20.6. The third-order valence-electron chi connectivity index (χ3n) is 6.02. The molecule has 0 spiro atoms. The van der Waals surface area contributed by atoms with E-state index in [1.807, 2.05) is 42.6 Å². The molecule has 2 aromatic carbocycles. The van der Waals surface area contributed by atoms with Crippen molar-refractivity contribution in [1.29, 1.82) is 0 Å². The summed E-state index contributed by atoms with van der Waals surface area (Å²) in [6.45, 7) is 2.38. The van der Waals surface area contributed by atoms with Crippen LogP contribution < -0.4 is 14.8 Å².